The molecule has 1 rings (SSSR count). The van der Waals surface area contributed by atoms with Crippen molar-refractivity contribution in [3.05, 3.63) is 0 Å². The van der Waals surface area contributed by atoms with Crippen molar-refractivity contribution in [2.45, 2.75) is 59.0 Å². The fraction of sp³-hybridized carbons (Fsp3) is 0.923. The Morgan fingerprint density at radius 3 is 2.56 bits per heavy atom. The van der Waals surface area contributed by atoms with Crippen LogP contribution in [0.4, 0.5) is 0 Å². The molecule has 0 amide bonds. The largest absolute Gasteiger partial charge is 0.468 e. The van der Waals surface area contributed by atoms with E-state index in [4.69, 9.17) is 4.74 Å². The van der Waals surface area contributed by atoms with Crippen molar-refractivity contribution in [2.75, 3.05) is 7.11 Å². The van der Waals surface area contributed by atoms with Crippen molar-refractivity contribution < 1.29 is 9.53 Å². The first kappa shape index (κ1) is 13.5. The Labute approximate surface area is 98.9 Å². The predicted octanol–water partition coefficient (Wildman–Crippen LogP) is 2.35. The molecule has 0 bridgehead atoms. The zero-order valence-electron chi connectivity index (χ0n) is 11.2. The third-order valence-corrected chi connectivity index (χ3v) is 3.43. The summed E-state index contributed by atoms with van der Waals surface area (Å²) in [7, 11) is 1.44. The molecule has 0 spiro atoms. The van der Waals surface area contributed by atoms with Gasteiger partial charge in [0.25, 0.3) is 0 Å². The first-order valence-corrected chi connectivity index (χ1v) is 6.18. The molecule has 2 unspecified atom stereocenters. The molecular weight excluding hydrogens is 202 g/mol. The summed E-state index contributed by atoms with van der Waals surface area (Å²) in [4.78, 5) is 11.3. The quantitative estimate of drug-likeness (QED) is 0.752. The second kappa shape index (κ2) is 5.17. The molecule has 0 aromatic heterocycles. The van der Waals surface area contributed by atoms with Crippen LogP contribution < -0.4 is 5.32 Å². The maximum atomic E-state index is 11.3. The zero-order chi connectivity index (χ0) is 12.3. The van der Waals surface area contributed by atoms with Gasteiger partial charge in [-0.15, -0.1) is 0 Å². The van der Waals surface area contributed by atoms with Crippen LogP contribution in [-0.4, -0.2) is 25.2 Å². The average molecular weight is 227 g/mol. The fourth-order valence-electron chi connectivity index (χ4n) is 3.07. The smallest absolute Gasteiger partial charge is 0.322 e. The number of hydrogen-bond donors (Lipinski definition) is 1. The molecule has 0 saturated heterocycles. The highest BCUT2D eigenvalue weighted by Gasteiger charge is 2.33. The predicted molar refractivity (Wildman–Crippen MR) is 65.2 cm³/mol. The molecule has 0 aromatic rings. The van der Waals surface area contributed by atoms with Crippen LogP contribution in [0, 0.1) is 11.3 Å². The molecule has 94 valence electrons. The third kappa shape index (κ3) is 3.78. The molecule has 3 heteroatoms. The van der Waals surface area contributed by atoms with Crippen LogP contribution in [0.3, 0.4) is 0 Å². The van der Waals surface area contributed by atoms with E-state index in [-0.39, 0.29) is 12.0 Å². The van der Waals surface area contributed by atoms with Crippen molar-refractivity contribution >= 4 is 5.97 Å². The van der Waals surface area contributed by atoms with Gasteiger partial charge in [-0.3, -0.25) is 4.79 Å². The van der Waals surface area contributed by atoms with Crippen LogP contribution in [0.2, 0.25) is 0 Å². The Morgan fingerprint density at radius 2 is 2.06 bits per heavy atom. The van der Waals surface area contributed by atoms with E-state index >= 15 is 0 Å². The standard InChI is InChI=1S/C13H25NO2/c1-9-6-11(8-13(3,4)7-9)14-10(2)12(15)16-5/h9-11,14H,6-8H2,1-5H3/t9-,10?,11?/m0/s1. The molecule has 0 aromatic carbocycles. The van der Waals surface area contributed by atoms with Gasteiger partial charge in [-0.25, -0.2) is 0 Å². The molecule has 1 fully saturated rings. The highest BCUT2D eigenvalue weighted by atomic mass is 16.5. The minimum atomic E-state index is -0.198. The Bertz CT molecular complexity index is 250. The molecule has 3 atom stereocenters. The van der Waals surface area contributed by atoms with E-state index < -0.39 is 0 Å². The summed E-state index contributed by atoms with van der Waals surface area (Å²) in [6.07, 6.45) is 3.57. The van der Waals surface area contributed by atoms with E-state index in [1.807, 2.05) is 6.92 Å². The number of carbonyl (C=O) groups excluding carboxylic acids is 1. The molecule has 3 nitrogen and oxygen atoms in total. The third-order valence-electron chi connectivity index (χ3n) is 3.43. The molecule has 1 N–H and O–H groups in total. The Balaban J connectivity index is 2.51. The lowest BCUT2D eigenvalue weighted by atomic mass is 9.70. The van der Waals surface area contributed by atoms with Gasteiger partial charge in [-0.05, 0) is 37.5 Å². The monoisotopic (exact) mass is 227 g/mol. The number of methoxy groups -OCH3 is 1. The average Bonchev–Trinajstić information content (AvgIpc) is 2.12. The maximum Gasteiger partial charge on any atom is 0.322 e. The summed E-state index contributed by atoms with van der Waals surface area (Å²) in [6.45, 7) is 8.77. The van der Waals surface area contributed by atoms with Gasteiger partial charge in [0.15, 0.2) is 0 Å². The van der Waals surface area contributed by atoms with Gasteiger partial charge in [0.2, 0.25) is 0 Å². The lowest BCUT2D eigenvalue weighted by molar-refractivity contribution is -0.143. The minimum absolute atomic E-state index is 0.170. The lowest BCUT2D eigenvalue weighted by Crippen LogP contribution is -2.47. The second-order valence-electron chi connectivity index (χ2n) is 6.02. The number of carbonyl (C=O) groups is 1. The molecule has 0 heterocycles. The molecule has 1 saturated carbocycles. The fourth-order valence-corrected chi connectivity index (χ4v) is 3.07. The van der Waals surface area contributed by atoms with Gasteiger partial charge in [0, 0.05) is 6.04 Å². The minimum Gasteiger partial charge on any atom is -0.468 e. The highest BCUT2D eigenvalue weighted by Crippen LogP contribution is 2.38. The SMILES string of the molecule is COC(=O)C(C)NC1C[C@H](C)CC(C)(C)C1. The van der Waals surface area contributed by atoms with Crippen molar-refractivity contribution in [3.63, 3.8) is 0 Å². The molecular formula is C13H25NO2. The van der Waals surface area contributed by atoms with E-state index in [1.165, 1.54) is 13.5 Å². The van der Waals surface area contributed by atoms with Crippen LogP contribution >= 0.6 is 0 Å². The maximum absolute atomic E-state index is 11.3. The Morgan fingerprint density at radius 1 is 1.44 bits per heavy atom. The summed E-state index contributed by atoms with van der Waals surface area (Å²) in [5.74, 6) is 0.558. The highest BCUT2D eigenvalue weighted by molar-refractivity contribution is 5.75. The van der Waals surface area contributed by atoms with E-state index in [0.717, 1.165) is 18.8 Å². The summed E-state index contributed by atoms with van der Waals surface area (Å²) in [6, 6.07) is 0.240. The van der Waals surface area contributed by atoms with Gasteiger partial charge in [0.1, 0.15) is 6.04 Å². The number of ether oxygens (including phenoxy) is 1. The summed E-state index contributed by atoms with van der Waals surface area (Å²) >= 11 is 0. The lowest BCUT2D eigenvalue weighted by Gasteiger charge is -2.40. The number of esters is 1. The Hall–Kier alpha value is -0.570. The van der Waals surface area contributed by atoms with Gasteiger partial charge >= 0.3 is 5.97 Å². The molecule has 1 aliphatic rings. The second-order valence-corrected chi connectivity index (χ2v) is 6.02. The van der Waals surface area contributed by atoms with Crippen molar-refractivity contribution in [3.8, 4) is 0 Å². The van der Waals surface area contributed by atoms with Crippen molar-refractivity contribution in [1.82, 2.24) is 5.32 Å². The van der Waals surface area contributed by atoms with Crippen LogP contribution in [0.1, 0.15) is 47.0 Å². The van der Waals surface area contributed by atoms with Gasteiger partial charge in [-0.2, -0.15) is 0 Å². The first-order valence-electron chi connectivity index (χ1n) is 6.18. The van der Waals surface area contributed by atoms with Gasteiger partial charge in [0.05, 0.1) is 7.11 Å². The Kier molecular flexibility index (Phi) is 4.36. The van der Waals surface area contributed by atoms with Crippen LogP contribution in [0.5, 0.6) is 0 Å². The molecule has 1 aliphatic carbocycles. The van der Waals surface area contributed by atoms with E-state index in [0.29, 0.717) is 11.5 Å². The number of rotatable bonds is 3. The van der Waals surface area contributed by atoms with E-state index in [2.05, 4.69) is 26.1 Å². The van der Waals surface area contributed by atoms with Gasteiger partial charge in [-0.1, -0.05) is 20.8 Å². The number of nitrogens with one attached hydrogen (secondary N) is 1. The normalized spacial score (nSPS) is 30.8. The van der Waals surface area contributed by atoms with Crippen LogP contribution in [0.15, 0.2) is 0 Å². The molecule has 0 aliphatic heterocycles. The van der Waals surface area contributed by atoms with Crippen LogP contribution in [-0.2, 0) is 9.53 Å². The van der Waals surface area contributed by atoms with Gasteiger partial charge < -0.3 is 10.1 Å². The van der Waals surface area contributed by atoms with Crippen molar-refractivity contribution in [1.29, 1.82) is 0 Å². The molecule has 0 radical (unpaired) electrons. The summed E-state index contributed by atoms with van der Waals surface area (Å²) in [5.41, 5.74) is 0.380. The zero-order valence-corrected chi connectivity index (χ0v) is 11.2. The van der Waals surface area contributed by atoms with E-state index in [1.54, 1.807) is 0 Å². The molecule has 16 heavy (non-hydrogen) atoms. The summed E-state index contributed by atoms with van der Waals surface area (Å²) in [5, 5.41) is 3.38. The van der Waals surface area contributed by atoms with E-state index in [9.17, 15) is 4.79 Å². The number of hydrogen-bond acceptors (Lipinski definition) is 3. The van der Waals surface area contributed by atoms with Crippen molar-refractivity contribution in [2.24, 2.45) is 11.3 Å². The summed E-state index contributed by atoms with van der Waals surface area (Å²) < 4.78 is 4.73. The first-order chi connectivity index (χ1) is 7.34. The van der Waals surface area contributed by atoms with Crippen LogP contribution in [0.25, 0.3) is 0 Å². The topological polar surface area (TPSA) is 38.3 Å².